The highest BCUT2D eigenvalue weighted by Crippen LogP contribution is 2.26. The zero-order valence-corrected chi connectivity index (χ0v) is 11.4. The maximum Gasteiger partial charge on any atom is 0.339 e. The van der Waals surface area contributed by atoms with Crippen LogP contribution in [0.2, 0.25) is 0 Å². The first-order chi connectivity index (χ1) is 10.1. The molecule has 0 heterocycles. The van der Waals surface area contributed by atoms with Gasteiger partial charge in [-0.1, -0.05) is 18.2 Å². The number of azo groups is 1. The fourth-order valence-electron chi connectivity index (χ4n) is 1.82. The van der Waals surface area contributed by atoms with Crippen molar-refractivity contribution in [2.24, 2.45) is 10.2 Å². The van der Waals surface area contributed by atoms with Gasteiger partial charge in [0.2, 0.25) is 0 Å². The van der Waals surface area contributed by atoms with Gasteiger partial charge < -0.3 is 15.5 Å². The number of nitrogens with zero attached hydrogens (tertiary/aromatic N) is 2. The summed E-state index contributed by atoms with van der Waals surface area (Å²) in [5.41, 5.74) is 1.86. The number of hydrogen-bond donors (Lipinski definition) is 3. The molecule has 0 fully saturated rings. The van der Waals surface area contributed by atoms with Gasteiger partial charge in [0.05, 0.1) is 11.4 Å². The lowest BCUT2D eigenvalue weighted by Crippen LogP contribution is -2.04. The zero-order valence-electron chi connectivity index (χ0n) is 11.4. The van der Waals surface area contributed by atoms with E-state index >= 15 is 0 Å². The molecule has 0 aliphatic rings. The van der Waals surface area contributed by atoms with Crippen LogP contribution in [0, 0.1) is 0 Å². The normalized spacial score (nSPS) is 10.9. The van der Waals surface area contributed by atoms with Crippen molar-refractivity contribution in [2.75, 3.05) is 7.05 Å². The molecule has 0 unspecified atom stereocenters. The minimum atomic E-state index is -1.21. The first kappa shape index (κ1) is 14.7. The second-order valence-corrected chi connectivity index (χ2v) is 4.37. The van der Waals surface area contributed by atoms with Crippen LogP contribution in [0.1, 0.15) is 15.9 Å². The molecule has 6 heteroatoms. The molecule has 108 valence electrons. The van der Waals surface area contributed by atoms with E-state index in [-0.39, 0.29) is 11.3 Å². The summed E-state index contributed by atoms with van der Waals surface area (Å²) in [5, 5.41) is 29.6. The predicted molar refractivity (Wildman–Crippen MR) is 78.4 cm³/mol. The van der Waals surface area contributed by atoms with Crippen LogP contribution in [-0.2, 0) is 6.54 Å². The number of rotatable bonds is 5. The predicted octanol–water partition coefficient (Wildman–Crippen LogP) is 3.23. The van der Waals surface area contributed by atoms with E-state index in [9.17, 15) is 9.90 Å². The molecular weight excluding hydrogens is 270 g/mol. The highest BCUT2D eigenvalue weighted by atomic mass is 16.4. The summed E-state index contributed by atoms with van der Waals surface area (Å²) in [6.45, 7) is 0.658. The average Bonchev–Trinajstić information content (AvgIpc) is 2.47. The van der Waals surface area contributed by atoms with E-state index in [0.717, 1.165) is 5.56 Å². The van der Waals surface area contributed by atoms with E-state index in [4.69, 9.17) is 5.11 Å². The summed E-state index contributed by atoms with van der Waals surface area (Å²) in [7, 11) is 1.84. The largest absolute Gasteiger partial charge is 0.507 e. The summed E-state index contributed by atoms with van der Waals surface area (Å²) < 4.78 is 0. The molecule has 21 heavy (non-hydrogen) atoms. The van der Waals surface area contributed by atoms with Crippen LogP contribution < -0.4 is 5.32 Å². The Morgan fingerprint density at radius 1 is 1.19 bits per heavy atom. The quantitative estimate of drug-likeness (QED) is 0.735. The van der Waals surface area contributed by atoms with Gasteiger partial charge in [0, 0.05) is 6.54 Å². The van der Waals surface area contributed by atoms with Crippen molar-refractivity contribution < 1.29 is 15.0 Å². The first-order valence-electron chi connectivity index (χ1n) is 6.32. The number of phenols is 1. The third kappa shape index (κ3) is 3.64. The summed E-state index contributed by atoms with van der Waals surface area (Å²) in [6.07, 6.45) is 0. The second kappa shape index (κ2) is 6.62. The van der Waals surface area contributed by atoms with Gasteiger partial charge in [0.25, 0.3) is 0 Å². The van der Waals surface area contributed by atoms with Crippen molar-refractivity contribution in [3.8, 4) is 5.75 Å². The molecule has 0 saturated heterocycles. The topological polar surface area (TPSA) is 94.3 Å². The maximum absolute atomic E-state index is 10.9. The van der Waals surface area contributed by atoms with Gasteiger partial charge in [-0.25, -0.2) is 4.79 Å². The van der Waals surface area contributed by atoms with Gasteiger partial charge in [-0.05, 0) is 36.9 Å². The maximum atomic E-state index is 10.9. The van der Waals surface area contributed by atoms with Crippen LogP contribution in [0.4, 0.5) is 11.4 Å². The van der Waals surface area contributed by atoms with Crippen molar-refractivity contribution in [3.05, 3.63) is 53.6 Å². The van der Waals surface area contributed by atoms with Gasteiger partial charge in [0.1, 0.15) is 11.3 Å². The van der Waals surface area contributed by atoms with Crippen LogP contribution in [0.25, 0.3) is 0 Å². The van der Waals surface area contributed by atoms with E-state index < -0.39 is 5.97 Å². The van der Waals surface area contributed by atoms with Gasteiger partial charge in [-0.15, -0.1) is 0 Å². The molecule has 0 saturated carbocycles. The third-order valence-corrected chi connectivity index (χ3v) is 2.84. The van der Waals surface area contributed by atoms with Crippen LogP contribution in [0.15, 0.2) is 52.7 Å². The monoisotopic (exact) mass is 285 g/mol. The van der Waals surface area contributed by atoms with E-state index in [0.29, 0.717) is 17.9 Å². The molecule has 0 aliphatic carbocycles. The number of carbonyl (C=O) groups is 1. The fraction of sp³-hybridized carbons (Fsp3) is 0.133. The minimum Gasteiger partial charge on any atom is -0.507 e. The number of aromatic hydroxyl groups is 1. The lowest BCUT2D eigenvalue weighted by atomic mass is 10.2. The molecule has 2 rings (SSSR count). The van der Waals surface area contributed by atoms with E-state index in [2.05, 4.69) is 15.5 Å². The number of carboxylic acids is 1. The van der Waals surface area contributed by atoms with Gasteiger partial charge in [-0.3, -0.25) is 0 Å². The van der Waals surface area contributed by atoms with Gasteiger partial charge in [0.15, 0.2) is 0 Å². The van der Waals surface area contributed by atoms with E-state index in [1.165, 1.54) is 18.2 Å². The summed E-state index contributed by atoms with van der Waals surface area (Å²) in [4.78, 5) is 10.9. The molecule has 0 aliphatic heterocycles. The molecule has 0 bridgehead atoms. The van der Waals surface area contributed by atoms with Gasteiger partial charge in [-0.2, -0.15) is 10.2 Å². The summed E-state index contributed by atoms with van der Waals surface area (Å²) in [5.74, 6) is -1.50. The Kier molecular flexibility index (Phi) is 4.63. The number of carboxylic acid groups (broad SMARTS) is 1. The number of nitrogens with one attached hydrogen (secondary N) is 1. The SMILES string of the molecule is CNCc1ccccc1N=Nc1ccc(O)c(C(=O)O)c1. The lowest BCUT2D eigenvalue weighted by Gasteiger charge is -2.03. The molecule has 0 aromatic heterocycles. The third-order valence-electron chi connectivity index (χ3n) is 2.84. The average molecular weight is 285 g/mol. The Morgan fingerprint density at radius 3 is 2.67 bits per heavy atom. The van der Waals surface area contributed by atoms with Crippen molar-refractivity contribution in [2.45, 2.75) is 6.54 Å². The Hall–Kier alpha value is -2.73. The van der Waals surface area contributed by atoms with Crippen LogP contribution in [-0.4, -0.2) is 23.2 Å². The standard InChI is InChI=1S/C15H15N3O3/c1-16-9-10-4-2-3-5-13(10)18-17-11-6-7-14(19)12(8-11)15(20)21/h2-8,16,19H,9H2,1H3,(H,20,21). The highest BCUT2D eigenvalue weighted by molar-refractivity contribution is 5.91. The molecule has 2 aromatic rings. The Morgan fingerprint density at radius 2 is 1.95 bits per heavy atom. The molecule has 3 N–H and O–H groups in total. The Bertz CT molecular complexity index is 684. The van der Waals surface area contributed by atoms with Crippen molar-refractivity contribution >= 4 is 17.3 Å². The minimum absolute atomic E-state index is 0.199. The molecule has 0 spiro atoms. The van der Waals surface area contributed by atoms with Gasteiger partial charge >= 0.3 is 5.97 Å². The lowest BCUT2D eigenvalue weighted by molar-refractivity contribution is 0.0694. The Labute approximate surface area is 121 Å². The van der Waals surface area contributed by atoms with Crippen molar-refractivity contribution in [3.63, 3.8) is 0 Å². The van der Waals surface area contributed by atoms with Crippen LogP contribution >= 0.6 is 0 Å². The second-order valence-electron chi connectivity index (χ2n) is 4.37. The first-order valence-corrected chi connectivity index (χ1v) is 6.32. The van der Waals surface area contributed by atoms with Crippen LogP contribution in [0.3, 0.4) is 0 Å². The molecule has 0 atom stereocenters. The fourth-order valence-corrected chi connectivity index (χ4v) is 1.82. The summed E-state index contributed by atoms with van der Waals surface area (Å²) >= 11 is 0. The van der Waals surface area contributed by atoms with E-state index in [1.807, 2.05) is 31.3 Å². The number of benzene rings is 2. The Balaban J connectivity index is 2.30. The summed E-state index contributed by atoms with van der Waals surface area (Å²) in [6, 6.07) is 11.6. The molecule has 2 aromatic carbocycles. The molecule has 0 radical (unpaired) electrons. The smallest absolute Gasteiger partial charge is 0.339 e. The molecular formula is C15H15N3O3. The molecule has 6 nitrogen and oxygen atoms in total. The van der Waals surface area contributed by atoms with Crippen LogP contribution in [0.5, 0.6) is 5.75 Å². The van der Waals surface area contributed by atoms with Crippen molar-refractivity contribution in [1.82, 2.24) is 5.32 Å². The van der Waals surface area contributed by atoms with E-state index in [1.54, 1.807) is 0 Å². The van der Waals surface area contributed by atoms with Crippen molar-refractivity contribution in [1.29, 1.82) is 0 Å². The number of hydrogen-bond acceptors (Lipinski definition) is 5. The number of aromatic carboxylic acids is 1. The highest BCUT2D eigenvalue weighted by Gasteiger charge is 2.09. The zero-order chi connectivity index (χ0) is 15.2. The molecule has 0 amide bonds.